The minimum Gasteiger partial charge on any atom is -0.393 e. The molecular formula is C30H36N4O4S2. The topological polar surface area (TPSA) is 110 Å². The first-order chi connectivity index (χ1) is 19.5. The molecule has 2 fully saturated rings. The molecule has 5 rings (SSSR count). The lowest BCUT2D eigenvalue weighted by atomic mass is 10.1. The molecule has 8 nitrogen and oxygen atoms in total. The molecule has 2 aromatic carbocycles. The molecule has 0 spiro atoms. The van der Waals surface area contributed by atoms with Crippen LogP contribution >= 0.6 is 23.3 Å². The maximum atomic E-state index is 9.84. The molecule has 0 amide bonds. The molecule has 10 heteroatoms. The zero-order valence-corrected chi connectivity index (χ0v) is 24.3. The summed E-state index contributed by atoms with van der Waals surface area (Å²) in [6.07, 6.45) is -1.12. The number of ether oxygens (including phenoxy) is 2. The lowest BCUT2D eigenvalue weighted by Gasteiger charge is -2.30. The number of nitrogens with zero attached hydrogens (tertiary/aromatic N) is 2. The van der Waals surface area contributed by atoms with Gasteiger partial charge in [0, 0.05) is 61.0 Å². The number of fused-ring (bicyclic) bond motifs is 1. The molecule has 3 heterocycles. The fourth-order valence-corrected chi connectivity index (χ4v) is 6.78. The third-order valence-electron chi connectivity index (χ3n) is 7.25. The van der Waals surface area contributed by atoms with E-state index in [1.54, 1.807) is 11.3 Å². The molecule has 0 radical (unpaired) electrons. The lowest BCUT2D eigenvalue weighted by Crippen LogP contribution is -2.39. The quantitative estimate of drug-likeness (QED) is 0.201. The van der Waals surface area contributed by atoms with Gasteiger partial charge in [-0.2, -0.15) is 5.26 Å². The van der Waals surface area contributed by atoms with Crippen LogP contribution in [-0.4, -0.2) is 79.5 Å². The number of thiophene rings is 1. The molecule has 1 aromatic heterocycles. The highest BCUT2D eigenvalue weighted by atomic mass is 32.2. The van der Waals surface area contributed by atoms with Crippen molar-refractivity contribution < 1.29 is 19.7 Å². The van der Waals surface area contributed by atoms with Gasteiger partial charge in [-0.25, -0.2) is 0 Å². The summed E-state index contributed by atoms with van der Waals surface area (Å²) in [6, 6.07) is 19.5. The Morgan fingerprint density at radius 3 is 2.70 bits per heavy atom. The van der Waals surface area contributed by atoms with E-state index in [2.05, 4.69) is 69.5 Å². The van der Waals surface area contributed by atoms with Crippen LogP contribution in [0.1, 0.15) is 24.6 Å². The van der Waals surface area contributed by atoms with Crippen molar-refractivity contribution >= 4 is 45.3 Å². The minimum atomic E-state index is -0.947. The number of morpholine rings is 1. The number of nitrogens with one attached hydrogen (secondary N) is 2. The van der Waals surface area contributed by atoms with Gasteiger partial charge in [-0.05, 0) is 71.1 Å². The molecule has 3 unspecified atom stereocenters. The summed E-state index contributed by atoms with van der Waals surface area (Å²) in [5.41, 5.74) is 3.19. The Morgan fingerprint density at radius 2 is 1.90 bits per heavy atom. The molecule has 0 bridgehead atoms. The first kappa shape index (κ1) is 29.0. The van der Waals surface area contributed by atoms with E-state index in [0.717, 1.165) is 66.0 Å². The Balaban J connectivity index is 1.19. The van der Waals surface area contributed by atoms with Gasteiger partial charge in [0.05, 0.1) is 25.4 Å². The van der Waals surface area contributed by atoms with Crippen LogP contribution in [0.3, 0.4) is 0 Å². The van der Waals surface area contributed by atoms with Crippen LogP contribution in [-0.2, 0) is 9.47 Å². The Hall–Kier alpha value is -2.46. The lowest BCUT2D eigenvalue weighted by molar-refractivity contribution is -0.186. The van der Waals surface area contributed by atoms with Crippen LogP contribution in [0.5, 0.6) is 0 Å². The van der Waals surface area contributed by atoms with Crippen LogP contribution in [0, 0.1) is 11.3 Å². The highest BCUT2D eigenvalue weighted by Gasteiger charge is 2.26. The number of benzene rings is 2. The molecule has 3 atom stereocenters. The maximum Gasteiger partial charge on any atom is 0.157 e. The number of nitriles is 1. The van der Waals surface area contributed by atoms with Crippen LogP contribution < -0.4 is 10.0 Å². The predicted octanol–water partition coefficient (Wildman–Crippen LogP) is 4.66. The summed E-state index contributed by atoms with van der Waals surface area (Å²) < 4.78 is 14.1. The van der Waals surface area contributed by atoms with Crippen LogP contribution in [0.4, 0.5) is 5.69 Å². The molecule has 40 heavy (non-hydrogen) atoms. The predicted molar refractivity (Wildman–Crippen MR) is 163 cm³/mol. The van der Waals surface area contributed by atoms with Crippen molar-refractivity contribution in [3.05, 3.63) is 58.3 Å². The Labute approximate surface area is 243 Å². The molecular weight excluding hydrogens is 544 g/mol. The monoisotopic (exact) mass is 580 g/mol. The number of aliphatic hydroxyl groups is 2. The number of hydrogen-bond donors (Lipinski definition) is 4. The molecule has 2 aliphatic rings. The molecule has 2 aliphatic heterocycles. The summed E-state index contributed by atoms with van der Waals surface area (Å²) in [4.78, 5) is 5.20. The number of allylic oxidation sites excluding steroid dienone is 2. The van der Waals surface area contributed by atoms with Crippen molar-refractivity contribution in [2.75, 3.05) is 51.3 Å². The van der Waals surface area contributed by atoms with Gasteiger partial charge in [0.25, 0.3) is 0 Å². The first-order valence-electron chi connectivity index (χ1n) is 13.7. The molecule has 0 saturated carbocycles. The van der Waals surface area contributed by atoms with Gasteiger partial charge in [-0.1, -0.05) is 18.2 Å². The van der Waals surface area contributed by atoms with Gasteiger partial charge >= 0.3 is 0 Å². The Morgan fingerprint density at radius 1 is 1.10 bits per heavy atom. The van der Waals surface area contributed by atoms with Crippen LogP contribution in [0.25, 0.3) is 26.8 Å². The second kappa shape index (κ2) is 13.9. The second-order valence-corrected chi connectivity index (χ2v) is 12.2. The number of rotatable bonds is 10. The average Bonchev–Trinajstić information content (AvgIpc) is 3.45. The maximum absolute atomic E-state index is 9.84. The second-order valence-electron chi connectivity index (χ2n) is 10.2. The third-order valence-corrected chi connectivity index (χ3v) is 9.41. The zero-order valence-electron chi connectivity index (χ0n) is 22.6. The van der Waals surface area contributed by atoms with E-state index in [-0.39, 0.29) is 12.5 Å². The van der Waals surface area contributed by atoms with E-state index in [1.165, 1.54) is 22.7 Å². The number of hydrogen-bond acceptors (Lipinski definition) is 10. The number of anilines is 1. The first-order valence-corrected chi connectivity index (χ1v) is 15.3. The Kier molecular flexibility index (Phi) is 10.1. The van der Waals surface area contributed by atoms with Crippen molar-refractivity contribution in [2.24, 2.45) is 0 Å². The average molecular weight is 581 g/mol. The van der Waals surface area contributed by atoms with Crippen molar-refractivity contribution in [2.45, 2.75) is 38.3 Å². The van der Waals surface area contributed by atoms with Crippen molar-refractivity contribution in [1.82, 2.24) is 9.62 Å². The summed E-state index contributed by atoms with van der Waals surface area (Å²) in [5, 5.41) is 35.3. The van der Waals surface area contributed by atoms with E-state index < -0.39 is 12.4 Å². The summed E-state index contributed by atoms with van der Waals surface area (Å²) in [5.74, 6) is 0. The van der Waals surface area contributed by atoms with E-state index in [4.69, 9.17) is 9.47 Å². The summed E-state index contributed by atoms with van der Waals surface area (Å²) >= 11 is 2.93. The van der Waals surface area contributed by atoms with Gasteiger partial charge in [-0.15, -0.1) is 11.3 Å². The van der Waals surface area contributed by atoms with E-state index >= 15 is 0 Å². The van der Waals surface area contributed by atoms with Crippen LogP contribution in [0.2, 0.25) is 0 Å². The van der Waals surface area contributed by atoms with Crippen molar-refractivity contribution in [3.63, 3.8) is 0 Å². The molecule has 0 aliphatic carbocycles. The van der Waals surface area contributed by atoms with E-state index in [0.29, 0.717) is 17.9 Å². The van der Waals surface area contributed by atoms with Gasteiger partial charge in [0.15, 0.2) is 6.29 Å². The minimum absolute atomic E-state index is 0.234. The highest BCUT2D eigenvalue weighted by Crippen LogP contribution is 2.36. The normalized spacial score (nSPS) is 22.6. The van der Waals surface area contributed by atoms with E-state index in [1.807, 2.05) is 6.92 Å². The summed E-state index contributed by atoms with van der Waals surface area (Å²) in [6.45, 7) is 7.96. The highest BCUT2D eigenvalue weighted by molar-refractivity contribution is 8.01. The molecule has 2 saturated heterocycles. The summed E-state index contributed by atoms with van der Waals surface area (Å²) in [7, 11) is 0. The van der Waals surface area contributed by atoms with E-state index in [9.17, 15) is 15.5 Å². The largest absolute Gasteiger partial charge is 0.393 e. The Bertz CT molecular complexity index is 1360. The standard InChI is InChI=1S/C30H36N4O4S2/c1-20(29(18-31)40-33-19-26-16-25(35)17-30(36)38-26)27-6-7-28(39-27)23-3-2-22-15-24(5-4-21(22)14-23)32-8-9-34-10-12-37-13-11-34/h2-7,14-15,25-26,30,32-33,35-36H,8-13,16-17,19H2,1H3/b29-20+. The van der Waals surface area contributed by atoms with Gasteiger partial charge in [0.1, 0.15) is 11.0 Å². The third kappa shape index (κ3) is 7.63. The van der Waals surface area contributed by atoms with Gasteiger partial charge in [-0.3, -0.25) is 9.62 Å². The van der Waals surface area contributed by atoms with Crippen LogP contribution in [0.15, 0.2) is 53.4 Å². The number of aliphatic hydroxyl groups excluding tert-OH is 2. The SMILES string of the molecule is C/C(=C(/C#N)SNCC1CC(O)CC(O)O1)c1ccc(-c2ccc3cc(NCCN4CCOCC4)ccc3c2)s1. The molecule has 212 valence electrons. The molecule has 3 aromatic rings. The molecule has 4 N–H and O–H groups in total. The zero-order chi connectivity index (χ0) is 27.9. The fraction of sp³-hybridized carbons (Fsp3) is 0.433. The fourth-order valence-electron chi connectivity index (χ4n) is 4.99. The smallest absolute Gasteiger partial charge is 0.157 e. The van der Waals surface area contributed by atoms with Gasteiger partial charge < -0.3 is 25.0 Å². The van der Waals surface area contributed by atoms with Gasteiger partial charge in [0.2, 0.25) is 0 Å². The van der Waals surface area contributed by atoms with Crippen molar-refractivity contribution in [1.29, 1.82) is 5.26 Å². The van der Waals surface area contributed by atoms with Crippen molar-refractivity contribution in [3.8, 4) is 16.5 Å².